The molecule has 9 rings (SSSR count). The number of hydrogen-bond donors (Lipinski definition) is 0. The fourth-order valence-corrected chi connectivity index (χ4v) is 6.95. The minimum absolute atomic E-state index is 0. The molecule has 0 aliphatic heterocycles. The van der Waals surface area contributed by atoms with Crippen molar-refractivity contribution in [2.75, 3.05) is 0 Å². The van der Waals surface area contributed by atoms with Crippen molar-refractivity contribution in [2.45, 2.75) is 53.2 Å². The number of hydrogen-bond acceptors (Lipinski definition) is 3. The molecule has 0 amide bonds. The maximum Gasteiger partial charge on any atom is 0.123 e. The summed E-state index contributed by atoms with van der Waals surface area (Å²) in [5.41, 5.74) is 7.36. The van der Waals surface area contributed by atoms with Gasteiger partial charge >= 0.3 is 0 Å². The summed E-state index contributed by atoms with van der Waals surface area (Å²) in [6, 6.07) is 42.6. The molecule has 1 radical (unpaired) electrons. The van der Waals surface area contributed by atoms with E-state index in [-0.39, 0.29) is 48.9 Å². The van der Waals surface area contributed by atoms with Crippen LogP contribution in [0.5, 0.6) is 0 Å². The Balaban J connectivity index is 0.000000179. The summed E-state index contributed by atoms with van der Waals surface area (Å²) in [4.78, 5) is 9.18. The predicted octanol–water partition coefficient (Wildman–Crippen LogP) is 13.1. The van der Waals surface area contributed by atoms with E-state index >= 15 is 0 Å². The molecule has 0 unspecified atom stereocenters. The Morgan fingerprint density at radius 1 is 0.741 bits per heavy atom. The van der Waals surface area contributed by atoms with Crippen molar-refractivity contribution in [1.29, 1.82) is 0 Å². The zero-order valence-electron chi connectivity index (χ0n) is 36.2. The Morgan fingerprint density at radius 2 is 1.44 bits per heavy atom. The van der Waals surface area contributed by atoms with E-state index in [1.807, 2.05) is 78.9 Å². The van der Waals surface area contributed by atoms with Gasteiger partial charge in [0.05, 0.1) is 22.4 Å². The second-order valence-corrected chi connectivity index (χ2v) is 13.8. The van der Waals surface area contributed by atoms with Gasteiger partial charge in [-0.05, 0) is 95.1 Å². The summed E-state index contributed by atoms with van der Waals surface area (Å²) in [7, 11) is 0. The van der Waals surface area contributed by atoms with Crippen LogP contribution >= 0.6 is 0 Å². The van der Waals surface area contributed by atoms with Gasteiger partial charge in [0.2, 0.25) is 0 Å². The summed E-state index contributed by atoms with van der Waals surface area (Å²) < 4.78 is 69.2. The number of aromatic nitrogens is 3. The first-order chi connectivity index (χ1) is 28.1. The molecule has 0 atom stereocenters. The number of aryl methyl sites for hydroxylation is 2. The van der Waals surface area contributed by atoms with Gasteiger partial charge < -0.3 is 14.0 Å². The van der Waals surface area contributed by atoms with Gasteiger partial charge in [-0.2, -0.15) is 0 Å². The normalized spacial score (nSPS) is 13.5. The van der Waals surface area contributed by atoms with Crippen LogP contribution in [0.4, 0.5) is 4.39 Å². The number of benzene rings is 6. The van der Waals surface area contributed by atoms with E-state index in [1.54, 1.807) is 18.2 Å². The van der Waals surface area contributed by atoms with Crippen LogP contribution in [-0.2, 0) is 20.1 Å². The van der Waals surface area contributed by atoms with E-state index < -0.39 is 13.7 Å². The summed E-state index contributed by atoms with van der Waals surface area (Å²) in [5, 5.41) is 3.91. The van der Waals surface area contributed by atoms with Crippen LogP contribution in [0.1, 0.15) is 70.0 Å². The Morgan fingerprint density at radius 3 is 2.15 bits per heavy atom. The van der Waals surface area contributed by atoms with Crippen molar-refractivity contribution in [1.82, 2.24) is 14.5 Å². The number of rotatable bonds is 5. The number of halogens is 1. The quantitative estimate of drug-likeness (QED) is 0.162. The van der Waals surface area contributed by atoms with Crippen LogP contribution in [0, 0.1) is 31.7 Å². The van der Waals surface area contributed by atoms with Crippen LogP contribution in [-0.4, -0.2) is 14.5 Å². The van der Waals surface area contributed by atoms with Crippen molar-refractivity contribution >= 4 is 43.7 Å². The van der Waals surface area contributed by atoms with E-state index in [0.717, 1.165) is 67.0 Å². The molecule has 6 heteroatoms. The maximum absolute atomic E-state index is 14.5. The molecule has 0 fully saturated rings. The van der Waals surface area contributed by atoms with Crippen LogP contribution in [0.25, 0.3) is 72.1 Å². The molecule has 0 bridgehead atoms. The molecule has 54 heavy (non-hydrogen) atoms. The Kier molecular flexibility index (Phi) is 8.40. The molecule has 3 heterocycles. The molecule has 9 aromatic rings. The van der Waals surface area contributed by atoms with Crippen LogP contribution in [0.2, 0.25) is 0 Å². The van der Waals surface area contributed by atoms with Crippen molar-refractivity contribution in [3.8, 4) is 28.3 Å². The van der Waals surface area contributed by atoms with E-state index in [4.69, 9.17) is 17.6 Å². The van der Waals surface area contributed by atoms with Gasteiger partial charge in [-0.1, -0.05) is 86.7 Å². The molecular weight excluding hydrogens is 846 g/mol. The predicted molar refractivity (Wildman–Crippen MR) is 216 cm³/mol. The van der Waals surface area contributed by atoms with Crippen molar-refractivity contribution in [2.24, 2.45) is 0 Å². The first-order valence-electron chi connectivity index (χ1n) is 20.7. The number of fused-ring (bicyclic) bond motifs is 5. The molecule has 3 aromatic heterocycles. The third-order valence-corrected chi connectivity index (χ3v) is 9.57. The van der Waals surface area contributed by atoms with Crippen molar-refractivity contribution in [3.63, 3.8) is 0 Å². The van der Waals surface area contributed by atoms with Gasteiger partial charge in [-0.3, -0.25) is 4.98 Å². The third-order valence-electron chi connectivity index (χ3n) is 9.57. The standard InChI is InChI=1S/C25H24FN2.C23H16NO.Ir/c1-16(2)20-14-19(26)15-21(17(3)4)24(20)28-23-13-9-8-12-22(23)27-25(28)18-10-6-5-7-11-18;1-14-10-21(24-13-15(14)2)19-9-5-8-18-20-11-16-6-3-4-7-17(16)12-22(20)25-23(18)19;/h5-10,12-17H,1-4H3;3-8,10-13H,1-2H3;/q2*-1;/i;1D3,2D3;. The summed E-state index contributed by atoms with van der Waals surface area (Å²) in [5.74, 6) is 1.000. The monoisotopic (exact) mass is 892 g/mol. The summed E-state index contributed by atoms with van der Waals surface area (Å²) in [6.07, 6.45) is 1.12. The molecule has 271 valence electrons. The molecule has 6 aromatic carbocycles. The zero-order chi connectivity index (χ0) is 41.8. The number of pyridine rings is 1. The van der Waals surface area contributed by atoms with Gasteiger partial charge in [0.1, 0.15) is 11.4 Å². The molecule has 0 saturated heterocycles. The van der Waals surface area contributed by atoms with Crippen LogP contribution in [0.15, 0.2) is 126 Å². The molecule has 0 N–H and O–H groups in total. The van der Waals surface area contributed by atoms with Gasteiger partial charge in [0, 0.05) is 45.6 Å². The molecule has 0 saturated carbocycles. The Hall–Kier alpha value is -5.42. The third kappa shape index (κ3) is 6.77. The second-order valence-electron chi connectivity index (χ2n) is 13.8. The number of imidazole rings is 1. The van der Waals surface area contributed by atoms with E-state index in [9.17, 15) is 4.39 Å². The van der Waals surface area contributed by atoms with E-state index in [2.05, 4.69) is 61.5 Å². The van der Waals surface area contributed by atoms with Gasteiger partial charge in [0.25, 0.3) is 0 Å². The van der Waals surface area contributed by atoms with Crippen LogP contribution in [0.3, 0.4) is 0 Å². The van der Waals surface area contributed by atoms with E-state index in [1.165, 1.54) is 6.07 Å². The van der Waals surface area contributed by atoms with Crippen molar-refractivity contribution < 1.29 is 37.1 Å². The Bertz CT molecular complexity index is 2980. The minimum atomic E-state index is -2.60. The molecular formula is C48H40FIrN3O-2. The average molecular weight is 892 g/mol. The zero-order valence-corrected chi connectivity index (χ0v) is 32.6. The first-order valence-corrected chi connectivity index (χ1v) is 17.7. The van der Waals surface area contributed by atoms with Crippen molar-refractivity contribution in [3.05, 3.63) is 162 Å². The number of para-hydroxylation sites is 2. The molecule has 4 nitrogen and oxygen atoms in total. The van der Waals surface area contributed by atoms with Gasteiger partial charge in [-0.15, -0.1) is 54.1 Å². The van der Waals surface area contributed by atoms with E-state index in [0.29, 0.717) is 22.4 Å². The molecule has 0 aliphatic carbocycles. The fourth-order valence-electron chi connectivity index (χ4n) is 6.95. The van der Waals surface area contributed by atoms with Crippen LogP contribution < -0.4 is 0 Å². The van der Waals surface area contributed by atoms with Gasteiger partial charge in [0.15, 0.2) is 0 Å². The fraction of sp³-hybridized carbons (Fsp3) is 0.167. The minimum Gasteiger partial charge on any atom is -0.501 e. The largest absolute Gasteiger partial charge is 0.501 e. The first kappa shape index (κ1) is 30.0. The smallest absolute Gasteiger partial charge is 0.123 e. The summed E-state index contributed by atoms with van der Waals surface area (Å²) in [6.45, 7) is 3.25. The number of nitrogens with zero attached hydrogens (tertiary/aromatic N) is 3. The topological polar surface area (TPSA) is 43.9 Å². The Labute approximate surface area is 337 Å². The number of furan rings is 1. The summed E-state index contributed by atoms with van der Waals surface area (Å²) >= 11 is 0. The SMILES string of the molecule is CC(C)c1cc(F)cc(C(C)C)c1-n1c(-c2[c-]cccc2)nc2ccccc21.[2H]C([2H])([2H])c1cnc(-c2[c-]ccc3c2oc2cc4ccccc4cc23)cc1C([2H])([2H])[2H].[Ir]. The van der Waals surface area contributed by atoms with Gasteiger partial charge in [-0.25, -0.2) is 4.39 Å². The maximum atomic E-state index is 14.5. The second kappa shape index (κ2) is 15.1. The molecule has 0 aliphatic rings. The molecule has 0 spiro atoms. The average Bonchev–Trinajstić information content (AvgIpc) is 3.77.